The topological polar surface area (TPSA) is 81.3 Å². The summed E-state index contributed by atoms with van der Waals surface area (Å²) in [4.78, 5) is 21.6. The van der Waals surface area contributed by atoms with E-state index in [1.165, 1.54) is 18.5 Å². The van der Waals surface area contributed by atoms with Crippen LogP contribution < -0.4 is 4.74 Å². The first-order chi connectivity index (χ1) is 18.3. The van der Waals surface area contributed by atoms with Gasteiger partial charge < -0.3 is 9.64 Å². The number of hydrogen-bond acceptors (Lipinski definition) is 7. The summed E-state index contributed by atoms with van der Waals surface area (Å²) in [6.07, 6.45) is 12.7. The number of hydrogen-bond donors (Lipinski definition) is 0. The van der Waals surface area contributed by atoms with E-state index in [1.54, 1.807) is 4.68 Å². The van der Waals surface area contributed by atoms with Crippen molar-refractivity contribution in [3.8, 4) is 17.1 Å². The normalized spacial score (nSPS) is 25.9. The molecule has 0 radical (unpaired) electrons. The zero-order chi connectivity index (χ0) is 26.4. The van der Waals surface area contributed by atoms with E-state index in [4.69, 9.17) is 14.8 Å². The molecule has 6 rings (SSSR count). The molecule has 3 aromatic rings. The van der Waals surface area contributed by atoms with Gasteiger partial charge in [-0.1, -0.05) is 6.58 Å². The lowest BCUT2D eigenvalue weighted by Crippen LogP contribution is -2.48. The number of rotatable bonds is 6. The first-order valence-electron chi connectivity index (χ1n) is 14.0. The molecule has 0 aromatic carbocycles. The summed E-state index contributed by atoms with van der Waals surface area (Å²) in [5.41, 5.74) is 3.87. The predicted octanol–water partition coefficient (Wildman–Crippen LogP) is 4.21. The van der Waals surface area contributed by atoms with Crippen LogP contribution in [0.5, 0.6) is 5.88 Å². The van der Waals surface area contributed by atoms with Gasteiger partial charge in [0.25, 0.3) is 0 Å². The first kappa shape index (κ1) is 25.1. The fourth-order valence-electron chi connectivity index (χ4n) is 6.40. The Morgan fingerprint density at radius 1 is 1.08 bits per heavy atom. The van der Waals surface area contributed by atoms with Gasteiger partial charge in [-0.15, -0.1) is 0 Å². The van der Waals surface area contributed by atoms with E-state index in [9.17, 15) is 4.79 Å². The number of piperazine rings is 1. The van der Waals surface area contributed by atoms with Crippen LogP contribution in [0.25, 0.3) is 22.2 Å². The molecule has 0 unspecified atom stereocenters. The van der Waals surface area contributed by atoms with Crippen molar-refractivity contribution in [2.75, 3.05) is 26.7 Å². The fourth-order valence-corrected chi connectivity index (χ4v) is 6.40. The standard InChI is InChI=1S/C29H39N7O2/c1-19-16-35(12-11-33(19)3)23-6-8-24(9-7-23)36-17-22(15-30-36)27-14-28-26(18-34(4)32-28)29(31-27)38-20(2)21-5-10-25(37)13-21/h14-15,17-18,20-21,23-24H,1,5-13,16H2,2-4H3/t20-,21+,23?,24?/m1/s1. The third-order valence-electron chi connectivity index (χ3n) is 8.93. The van der Waals surface area contributed by atoms with E-state index < -0.39 is 0 Å². The summed E-state index contributed by atoms with van der Waals surface area (Å²) in [5.74, 6) is 1.15. The van der Waals surface area contributed by atoms with Gasteiger partial charge in [0.15, 0.2) is 0 Å². The van der Waals surface area contributed by atoms with Crippen LogP contribution in [-0.2, 0) is 11.8 Å². The Bertz CT molecular complexity index is 1340. The monoisotopic (exact) mass is 517 g/mol. The molecular formula is C29H39N7O2. The van der Waals surface area contributed by atoms with Crippen LogP contribution in [0.15, 0.2) is 36.9 Å². The molecule has 4 heterocycles. The van der Waals surface area contributed by atoms with Crippen molar-refractivity contribution in [2.45, 2.75) is 70.1 Å². The Morgan fingerprint density at radius 3 is 2.61 bits per heavy atom. The highest BCUT2D eigenvalue weighted by molar-refractivity contribution is 5.86. The molecular weight excluding hydrogens is 478 g/mol. The third-order valence-corrected chi connectivity index (χ3v) is 8.93. The fraction of sp³-hybridized carbons (Fsp3) is 0.586. The molecule has 1 aliphatic heterocycles. The smallest absolute Gasteiger partial charge is 0.225 e. The van der Waals surface area contributed by atoms with E-state index in [1.807, 2.05) is 32.4 Å². The van der Waals surface area contributed by atoms with Crippen molar-refractivity contribution >= 4 is 16.7 Å². The number of fused-ring (bicyclic) bond motifs is 1. The summed E-state index contributed by atoms with van der Waals surface area (Å²) in [6.45, 7) is 9.46. The second-order valence-corrected chi connectivity index (χ2v) is 11.5. The second kappa shape index (κ2) is 10.2. The van der Waals surface area contributed by atoms with Crippen LogP contribution in [0.1, 0.15) is 57.9 Å². The van der Waals surface area contributed by atoms with Gasteiger partial charge in [0, 0.05) is 82.2 Å². The maximum atomic E-state index is 11.8. The predicted molar refractivity (Wildman–Crippen MR) is 147 cm³/mol. The highest BCUT2D eigenvalue weighted by atomic mass is 16.5. The molecule has 0 spiro atoms. The number of ketones is 1. The van der Waals surface area contributed by atoms with Gasteiger partial charge in [-0.25, -0.2) is 4.98 Å². The van der Waals surface area contributed by atoms with Gasteiger partial charge in [-0.2, -0.15) is 10.2 Å². The molecule has 0 amide bonds. The minimum atomic E-state index is -0.0806. The summed E-state index contributed by atoms with van der Waals surface area (Å²) in [7, 11) is 4.05. The van der Waals surface area contributed by atoms with Crippen LogP contribution in [0.2, 0.25) is 0 Å². The van der Waals surface area contributed by atoms with Crippen molar-refractivity contribution in [3.63, 3.8) is 0 Å². The van der Waals surface area contributed by atoms with Crippen molar-refractivity contribution in [2.24, 2.45) is 13.0 Å². The van der Waals surface area contributed by atoms with Crippen molar-refractivity contribution in [1.82, 2.24) is 34.3 Å². The molecule has 1 saturated heterocycles. The Kier molecular flexibility index (Phi) is 6.72. The van der Waals surface area contributed by atoms with Crippen LogP contribution in [0.4, 0.5) is 0 Å². The minimum Gasteiger partial charge on any atom is -0.474 e. The lowest BCUT2D eigenvalue weighted by atomic mass is 9.89. The summed E-state index contributed by atoms with van der Waals surface area (Å²) >= 11 is 0. The van der Waals surface area contributed by atoms with Crippen LogP contribution in [0, 0.1) is 5.92 Å². The Morgan fingerprint density at radius 2 is 1.87 bits per heavy atom. The molecule has 3 aliphatic rings. The molecule has 2 atom stereocenters. The van der Waals surface area contributed by atoms with Gasteiger partial charge >= 0.3 is 0 Å². The number of likely N-dealkylation sites (N-methyl/N-ethyl adjacent to an activating group) is 1. The average molecular weight is 518 g/mol. The molecule has 0 bridgehead atoms. The average Bonchev–Trinajstić information content (AvgIpc) is 3.65. The maximum absolute atomic E-state index is 11.8. The summed E-state index contributed by atoms with van der Waals surface area (Å²) in [6, 6.07) is 3.06. The molecule has 9 nitrogen and oxygen atoms in total. The van der Waals surface area contributed by atoms with E-state index in [0.717, 1.165) is 61.1 Å². The van der Waals surface area contributed by atoms with E-state index in [-0.39, 0.29) is 12.0 Å². The van der Waals surface area contributed by atoms with E-state index in [2.05, 4.69) is 39.4 Å². The molecule has 3 fully saturated rings. The van der Waals surface area contributed by atoms with Crippen LogP contribution in [-0.4, -0.2) is 79.0 Å². The van der Waals surface area contributed by atoms with Gasteiger partial charge in [-0.3, -0.25) is 19.1 Å². The molecule has 38 heavy (non-hydrogen) atoms. The number of aromatic nitrogens is 5. The van der Waals surface area contributed by atoms with Crippen molar-refractivity contribution in [1.29, 1.82) is 0 Å². The summed E-state index contributed by atoms with van der Waals surface area (Å²) in [5, 5.41) is 10.3. The van der Waals surface area contributed by atoms with Crippen molar-refractivity contribution < 1.29 is 9.53 Å². The number of pyridine rings is 1. The molecule has 9 heteroatoms. The molecule has 0 N–H and O–H groups in total. The van der Waals surface area contributed by atoms with Gasteiger partial charge in [0.2, 0.25) is 5.88 Å². The lowest BCUT2D eigenvalue weighted by molar-refractivity contribution is -0.117. The highest BCUT2D eigenvalue weighted by Crippen LogP contribution is 2.35. The third kappa shape index (κ3) is 4.96. The Labute approximate surface area is 224 Å². The Hall–Kier alpha value is -3.20. The number of Topliss-reactive ketones (excluding diaryl/α,β-unsaturated/α-hetero) is 1. The molecule has 2 saturated carbocycles. The van der Waals surface area contributed by atoms with Crippen LogP contribution in [0.3, 0.4) is 0 Å². The molecule has 2 aliphatic carbocycles. The lowest BCUT2D eigenvalue weighted by Gasteiger charge is -2.42. The second-order valence-electron chi connectivity index (χ2n) is 11.5. The quantitative estimate of drug-likeness (QED) is 0.484. The zero-order valence-corrected chi connectivity index (χ0v) is 22.8. The molecule has 3 aromatic heterocycles. The number of carbonyl (C=O) groups is 1. The van der Waals surface area contributed by atoms with Gasteiger partial charge in [0.05, 0.1) is 28.8 Å². The number of ether oxygens (including phenoxy) is 1. The minimum absolute atomic E-state index is 0.0806. The number of nitrogens with zero attached hydrogens (tertiary/aromatic N) is 7. The largest absolute Gasteiger partial charge is 0.474 e. The van der Waals surface area contributed by atoms with Crippen molar-refractivity contribution in [3.05, 3.63) is 36.9 Å². The SMILES string of the molecule is C=C1CN(C2CCC(n3cc(-c4cc5nn(C)cc5c(O[C@H](C)[C@H]5CCC(=O)C5)n4)cn3)CC2)CCN1C. The summed E-state index contributed by atoms with van der Waals surface area (Å²) < 4.78 is 10.3. The zero-order valence-electron chi connectivity index (χ0n) is 22.8. The van der Waals surface area contributed by atoms with Crippen LogP contribution >= 0.6 is 0 Å². The highest BCUT2D eigenvalue weighted by Gasteiger charge is 2.31. The maximum Gasteiger partial charge on any atom is 0.225 e. The van der Waals surface area contributed by atoms with Gasteiger partial charge in [0.1, 0.15) is 11.9 Å². The van der Waals surface area contributed by atoms with Gasteiger partial charge in [-0.05, 0) is 45.1 Å². The number of carbonyl (C=O) groups excluding carboxylic acids is 1. The number of aryl methyl sites for hydroxylation is 1. The molecule has 202 valence electrons. The Balaban J connectivity index is 1.17. The van der Waals surface area contributed by atoms with E-state index >= 15 is 0 Å². The van der Waals surface area contributed by atoms with E-state index in [0.29, 0.717) is 36.6 Å². The first-order valence-corrected chi connectivity index (χ1v) is 14.0.